The quantitative estimate of drug-likeness (QED) is 0.779. The molecule has 0 spiro atoms. The average molecular weight is 255 g/mol. The molecule has 1 aliphatic heterocycles. The van der Waals surface area contributed by atoms with Crippen molar-refractivity contribution in [3.63, 3.8) is 0 Å². The molecule has 0 aromatic carbocycles. The van der Waals surface area contributed by atoms with E-state index in [0.717, 1.165) is 25.9 Å². The molecule has 0 radical (unpaired) electrons. The van der Waals surface area contributed by atoms with Gasteiger partial charge in [0.05, 0.1) is 6.33 Å². The highest BCUT2D eigenvalue weighted by Crippen LogP contribution is 2.29. The van der Waals surface area contributed by atoms with E-state index in [2.05, 4.69) is 21.7 Å². The lowest BCUT2D eigenvalue weighted by molar-refractivity contribution is -0.0309. The molecule has 2 heterocycles. The van der Waals surface area contributed by atoms with Gasteiger partial charge in [0.2, 0.25) is 0 Å². The summed E-state index contributed by atoms with van der Waals surface area (Å²) in [5, 5.41) is 0.335. The van der Waals surface area contributed by atoms with E-state index in [9.17, 15) is 0 Å². The lowest BCUT2D eigenvalue weighted by Crippen LogP contribution is -2.17. The molecule has 0 amide bonds. The largest absolute Gasteiger partial charge is 0.358 e. The van der Waals surface area contributed by atoms with Crippen LogP contribution in [-0.2, 0) is 4.74 Å². The van der Waals surface area contributed by atoms with E-state index in [1.165, 1.54) is 0 Å². The summed E-state index contributed by atoms with van der Waals surface area (Å²) >= 11 is 5.97. The molecule has 1 aromatic rings. The number of hydrogen-bond donors (Lipinski definition) is 0. The Kier molecular flexibility index (Phi) is 3.91. The highest BCUT2D eigenvalue weighted by Gasteiger charge is 2.21. The molecule has 0 saturated carbocycles. The molecule has 0 N–H and O–H groups in total. The second-order valence-electron chi connectivity index (χ2n) is 3.82. The Hall–Kier alpha value is -1.20. The summed E-state index contributed by atoms with van der Waals surface area (Å²) < 4.78 is 7.56. The second kappa shape index (κ2) is 5.42. The number of halogens is 1. The molecule has 0 bridgehead atoms. The number of rotatable bonds is 3. The van der Waals surface area contributed by atoms with Crippen LogP contribution in [-0.4, -0.2) is 35.1 Å². The minimum absolute atomic E-state index is 0.0215. The first kappa shape index (κ1) is 12.3. The third kappa shape index (κ3) is 2.40. The fraction of sp³-hybridized carbons (Fsp3) is 0.545. The Balaban J connectivity index is 2.34. The molecule has 1 unspecified atom stereocenters. The van der Waals surface area contributed by atoms with Crippen molar-refractivity contribution in [1.82, 2.24) is 9.55 Å². The Morgan fingerprint density at radius 2 is 2.47 bits per heavy atom. The highest BCUT2D eigenvalue weighted by atomic mass is 35.5. The molecule has 92 valence electrons. The van der Waals surface area contributed by atoms with Gasteiger partial charge in [-0.3, -0.25) is 9.56 Å². The molecule has 1 aromatic heterocycles. The first-order chi connectivity index (χ1) is 8.27. The first-order valence-electron chi connectivity index (χ1n) is 5.55. The molecule has 1 aliphatic rings. The Bertz CT molecular complexity index is 435. The number of nitrogens with zero attached hydrogens (tertiary/aromatic N) is 4. The van der Waals surface area contributed by atoms with Crippen LogP contribution >= 0.6 is 11.6 Å². The van der Waals surface area contributed by atoms with E-state index in [1.54, 1.807) is 13.4 Å². The van der Waals surface area contributed by atoms with E-state index >= 15 is 0 Å². The van der Waals surface area contributed by atoms with Gasteiger partial charge in [0.1, 0.15) is 11.9 Å². The van der Waals surface area contributed by atoms with Crippen LogP contribution < -0.4 is 0 Å². The van der Waals surface area contributed by atoms with E-state index in [0.29, 0.717) is 16.7 Å². The van der Waals surface area contributed by atoms with Crippen molar-refractivity contribution in [2.24, 2.45) is 9.98 Å². The molecule has 1 atom stereocenters. The Labute approximate surface area is 105 Å². The number of aliphatic imine (C=N–C) groups is 2. The van der Waals surface area contributed by atoms with Gasteiger partial charge in [-0.2, -0.15) is 0 Å². The molecule has 1 saturated heterocycles. The maximum absolute atomic E-state index is 5.97. The van der Waals surface area contributed by atoms with Gasteiger partial charge < -0.3 is 4.74 Å². The van der Waals surface area contributed by atoms with Crippen LogP contribution in [0.15, 0.2) is 16.3 Å². The van der Waals surface area contributed by atoms with Gasteiger partial charge in [0.15, 0.2) is 11.0 Å². The summed E-state index contributed by atoms with van der Waals surface area (Å²) in [7, 11) is 1.62. The van der Waals surface area contributed by atoms with Crippen molar-refractivity contribution >= 4 is 29.3 Å². The average Bonchev–Trinajstić information content (AvgIpc) is 2.82. The SMILES string of the molecule is C=Nc1c(/C(Cl)=N\C)ncn1C1CCCCO1. The molecule has 0 aliphatic carbocycles. The Morgan fingerprint density at radius 1 is 1.65 bits per heavy atom. The van der Waals surface area contributed by atoms with Crippen molar-refractivity contribution < 1.29 is 4.74 Å². The molecule has 5 nitrogen and oxygen atoms in total. The van der Waals surface area contributed by atoms with Gasteiger partial charge in [-0.15, -0.1) is 0 Å². The maximum atomic E-state index is 5.97. The summed E-state index contributed by atoms with van der Waals surface area (Å²) in [4.78, 5) is 12.1. The monoisotopic (exact) mass is 254 g/mol. The normalized spacial score (nSPS) is 21.5. The molecule has 1 fully saturated rings. The maximum Gasteiger partial charge on any atom is 0.164 e. The highest BCUT2D eigenvalue weighted by molar-refractivity contribution is 6.69. The van der Waals surface area contributed by atoms with Crippen LogP contribution in [0.5, 0.6) is 0 Å². The summed E-state index contributed by atoms with van der Waals surface area (Å²) in [5.74, 6) is 0.618. The number of aromatic nitrogens is 2. The minimum atomic E-state index is -0.0215. The zero-order valence-electron chi connectivity index (χ0n) is 9.77. The predicted octanol–water partition coefficient (Wildman–Crippen LogP) is 2.53. The molecule has 6 heteroatoms. The molecular weight excluding hydrogens is 240 g/mol. The molecule has 17 heavy (non-hydrogen) atoms. The van der Waals surface area contributed by atoms with Crippen molar-refractivity contribution in [1.29, 1.82) is 0 Å². The van der Waals surface area contributed by atoms with Gasteiger partial charge in [-0.1, -0.05) is 11.6 Å². The third-order valence-electron chi connectivity index (χ3n) is 2.78. The van der Waals surface area contributed by atoms with Gasteiger partial charge in [-0.05, 0) is 26.0 Å². The predicted molar refractivity (Wildman–Crippen MR) is 68.6 cm³/mol. The van der Waals surface area contributed by atoms with Crippen molar-refractivity contribution in [3.8, 4) is 0 Å². The van der Waals surface area contributed by atoms with Crippen LogP contribution in [0.4, 0.5) is 5.82 Å². The summed E-state index contributed by atoms with van der Waals surface area (Å²) in [6, 6.07) is 0. The van der Waals surface area contributed by atoms with Gasteiger partial charge >= 0.3 is 0 Å². The van der Waals surface area contributed by atoms with E-state index in [-0.39, 0.29) is 6.23 Å². The lowest BCUT2D eigenvalue weighted by atomic mass is 10.2. The topological polar surface area (TPSA) is 51.8 Å². The second-order valence-corrected chi connectivity index (χ2v) is 4.18. The zero-order valence-corrected chi connectivity index (χ0v) is 10.5. The van der Waals surface area contributed by atoms with Crippen molar-refractivity contribution in [2.75, 3.05) is 13.7 Å². The number of hydrogen-bond acceptors (Lipinski definition) is 4. The minimum Gasteiger partial charge on any atom is -0.358 e. The number of ether oxygens (including phenoxy) is 1. The van der Waals surface area contributed by atoms with Crippen LogP contribution in [0, 0.1) is 0 Å². The van der Waals surface area contributed by atoms with Crippen molar-refractivity contribution in [3.05, 3.63) is 12.0 Å². The van der Waals surface area contributed by atoms with Crippen LogP contribution in [0.25, 0.3) is 0 Å². The summed E-state index contributed by atoms with van der Waals surface area (Å²) in [6.45, 7) is 4.32. The smallest absolute Gasteiger partial charge is 0.164 e. The lowest BCUT2D eigenvalue weighted by Gasteiger charge is -2.24. The van der Waals surface area contributed by atoms with Gasteiger partial charge in [0, 0.05) is 13.7 Å². The van der Waals surface area contributed by atoms with Gasteiger partial charge in [-0.25, -0.2) is 9.98 Å². The summed E-state index contributed by atoms with van der Waals surface area (Å²) in [5.41, 5.74) is 0.554. The standard InChI is InChI=1S/C11H15ClN4O/c1-13-10(12)9-11(14-2)16(7-15-9)8-5-3-4-6-17-8/h7-8H,2-6H2,1H3/b13-10+. The summed E-state index contributed by atoms with van der Waals surface area (Å²) in [6.07, 6.45) is 4.87. The van der Waals surface area contributed by atoms with Crippen LogP contribution in [0.2, 0.25) is 0 Å². The van der Waals surface area contributed by atoms with Gasteiger partial charge in [0.25, 0.3) is 0 Å². The first-order valence-corrected chi connectivity index (χ1v) is 5.93. The van der Waals surface area contributed by atoms with E-state index in [1.807, 2.05) is 4.57 Å². The third-order valence-corrected chi connectivity index (χ3v) is 3.12. The van der Waals surface area contributed by atoms with Crippen molar-refractivity contribution in [2.45, 2.75) is 25.5 Å². The Morgan fingerprint density at radius 3 is 3.06 bits per heavy atom. The molecular formula is C11H15ClN4O. The number of imidazole rings is 1. The zero-order chi connectivity index (χ0) is 12.3. The fourth-order valence-corrected chi connectivity index (χ4v) is 2.05. The van der Waals surface area contributed by atoms with Crippen LogP contribution in [0.1, 0.15) is 31.2 Å². The molecule has 2 rings (SSSR count). The van der Waals surface area contributed by atoms with E-state index in [4.69, 9.17) is 16.3 Å². The van der Waals surface area contributed by atoms with E-state index < -0.39 is 0 Å². The van der Waals surface area contributed by atoms with Crippen LogP contribution in [0.3, 0.4) is 0 Å². The fourth-order valence-electron chi connectivity index (χ4n) is 1.92.